The first-order valence-electron chi connectivity index (χ1n) is 15.8. The van der Waals surface area contributed by atoms with E-state index in [-0.39, 0.29) is 5.97 Å². The Morgan fingerprint density at radius 1 is 0.686 bits per heavy atom. The smallest absolute Gasteiger partial charge is 0.305 e. The third-order valence-electron chi connectivity index (χ3n) is 8.49. The van der Waals surface area contributed by atoms with Crippen molar-refractivity contribution in [3.05, 3.63) is 0 Å². The molecule has 0 bridgehead atoms. The molecule has 3 atom stereocenters. The maximum atomic E-state index is 11.1. The Labute approximate surface area is 220 Å². The predicted octanol–water partition coefficient (Wildman–Crippen LogP) is 9.72. The average Bonchev–Trinajstić information content (AvgIpc) is 3.60. The summed E-state index contributed by atoms with van der Waals surface area (Å²) in [6, 6.07) is 0.806. The quantitative estimate of drug-likeness (QED) is 0.0887. The highest BCUT2D eigenvalue weighted by Crippen LogP contribution is 2.45. The number of hydrogen-bond donors (Lipinski definition) is 0. The third-order valence-corrected chi connectivity index (χ3v) is 8.49. The molecule has 1 rings (SSSR count). The van der Waals surface area contributed by atoms with Crippen LogP contribution in [0.2, 0.25) is 0 Å². The second-order valence-corrected chi connectivity index (χ2v) is 11.9. The predicted molar refractivity (Wildman–Crippen MR) is 153 cm³/mol. The number of hydrogen-bond acceptors (Lipinski definition) is 3. The van der Waals surface area contributed by atoms with Crippen molar-refractivity contribution in [2.75, 3.05) is 21.2 Å². The van der Waals surface area contributed by atoms with E-state index in [4.69, 9.17) is 4.74 Å². The Bertz CT molecular complexity index is 478. The summed E-state index contributed by atoms with van der Waals surface area (Å²) in [7, 11) is 6.03. The molecule has 0 aromatic rings. The highest BCUT2D eigenvalue weighted by Gasteiger charge is 2.34. The lowest BCUT2D eigenvalue weighted by atomic mass is 9.99. The summed E-state index contributed by atoms with van der Waals surface area (Å²) in [5.74, 6) is 2.05. The van der Waals surface area contributed by atoms with E-state index in [1.807, 2.05) is 0 Å². The number of carbonyl (C=O) groups excluding carboxylic acids is 1. The Kier molecular flexibility index (Phi) is 21.0. The summed E-state index contributed by atoms with van der Waals surface area (Å²) < 4.78 is 4.69. The molecule has 35 heavy (non-hydrogen) atoms. The summed E-state index contributed by atoms with van der Waals surface area (Å²) in [6.07, 6.45) is 32.7. The molecule has 208 valence electrons. The first-order chi connectivity index (χ1) is 17.1. The van der Waals surface area contributed by atoms with E-state index < -0.39 is 0 Å². The fourth-order valence-corrected chi connectivity index (χ4v) is 5.82. The van der Waals surface area contributed by atoms with Crippen LogP contribution in [0.15, 0.2) is 0 Å². The molecule has 0 N–H and O–H groups in total. The summed E-state index contributed by atoms with van der Waals surface area (Å²) in [5.41, 5.74) is 0. The van der Waals surface area contributed by atoms with Crippen LogP contribution in [0.25, 0.3) is 0 Å². The molecule has 0 radical (unpaired) electrons. The van der Waals surface area contributed by atoms with Crippen LogP contribution >= 0.6 is 0 Å². The Hall–Kier alpha value is -0.570. The van der Waals surface area contributed by atoms with Gasteiger partial charge in [0.25, 0.3) is 0 Å². The fourth-order valence-electron chi connectivity index (χ4n) is 5.82. The zero-order valence-corrected chi connectivity index (χ0v) is 24.5. The molecule has 1 fully saturated rings. The summed E-state index contributed by atoms with van der Waals surface area (Å²) in [6.45, 7) is 2.30. The highest BCUT2D eigenvalue weighted by atomic mass is 16.5. The number of nitrogens with zero attached hydrogens (tertiary/aromatic N) is 1. The Balaban J connectivity index is 1.82. The lowest BCUT2D eigenvalue weighted by molar-refractivity contribution is -0.140. The summed E-state index contributed by atoms with van der Waals surface area (Å²) in [5, 5.41) is 0. The van der Waals surface area contributed by atoms with E-state index in [9.17, 15) is 4.79 Å². The molecule has 0 saturated heterocycles. The zero-order valence-electron chi connectivity index (χ0n) is 24.5. The second-order valence-electron chi connectivity index (χ2n) is 11.9. The van der Waals surface area contributed by atoms with Gasteiger partial charge in [-0.1, -0.05) is 129 Å². The monoisotopic (exact) mass is 493 g/mol. The van der Waals surface area contributed by atoms with Gasteiger partial charge in [0.2, 0.25) is 0 Å². The fraction of sp³-hybridized carbons (Fsp3) is 0.969. The van der Waals surface area contributed by atoms with E-state index in [2.05, 4.69) is 25.9 Å². The van der Waals surface area contributed by atoms with Crippen LogP contribution in [-0.4, -0.2) is 38.1 Å². The topological polar surface area (TPSA) is 29.5 Å². The van der Waals surface area contributed by atoms with Gasteiger partial charge in [-0.3, -0.25) is 4.79 Å². The van der Waals surface area contributed by atoms with E-state index in [1.165, 1.54) is 148 Å². The van der Waals surface area contributed by atoms with Gasteiger partial charge in [-0.25, -0.2) is 0 Å². The summed E-state index contributed by atoms with van der Waals surface area (Å²) in [4.78, 5) is 13.6. The highest BCUT2D eigenvalue weighted by molar-refractivity contribution is 5.68. The molecular weight excluding hydrogens is 430 g/mol. The second kappa shape index (κ2) is 22.6. The van der Waals surface area contributed by atoms with Crippen LogP contribution in [-0.2, 0) is 9.53 Å². The maximum Gasteiger partial charge on any atom is 0.305 e. The molecule has 0 aromatic heterocycles. The molecule has 1 aliphatic carbocycles. The van der Waals surface area contributed by atoms with Crippen molar-refractivity contribution in [3.8, 4) is 0 Å². The minimum atomic E-state index is -0.0572. The van der Waals surface area contributed by atoms with Gasteiger partial charge in [-0.15, -0.1) is 0 Å². The number of carbonyl (C=O) groups is 1. The number of unbranched alkanes of at least 4 members (excludes halogenated alkanes) is 15. The number of esters is 1. The van der Waals surface area contributed by atoms with Crippen LogP contribution < -0.4 is 0 Å². The van der Waals surface area contributed by atoms with E-state index in [0.29, 0.717) is 6.42 Å². The number of rotatable bonds is 26. The molecular formula is C32H63NO2. The molecule has 1 aliphatic rings. The minimum Gasteiger partial charge on any atom is -0.469 e. The maximum absolute atomic E-state index is 11.1. The zero-order chi connectivity index (χ0) is 25.6. The summed E-state index contributed by atoms with van der Waals surface area (Å²) >= 11 is 0. The van der Waals surface area contributed by atoms with E-state index in [1.54, 1.807) is 0 Å². The molecule has 3 heteroatoms. The van der Waals surface area contributed by atoms with Crippen LogP contribution in [0.3, 0.4) is 0 Å². The van der Waals surface area contributed by atoms with Crippen molar-refractivity contribution < 1.29 is 9.53 Å². The molecule has 0 heterocycles. The SMILES string of the molecule is CCCCCCCC(CCCCCCCCCCC1CC1CCCCCCCC(=O)OC)N(C)C. The van der Waals surface area contributed by atoms with Crippen molar-refractivity contribution >= 4 is 5.97 Å². The molecule has 3 unspecified atom stereocenters. The Morgan fingerprint density at radius 2 is 1.11 bits per heavy atom. The van der Waals surface area contributed by atoms with Gasteiger partial charge in [0.05, 0.1) is 7.11 Å². The van der Waals surface area contributed by atoms with Gasteiger partial charge in [0.15, 0.2) is 0 Å². The minimum absolute atomic E-state index is 0.0572. The van der Waals surface area contributed by atoms with Gasteiger partial charge in [0, 0.05) is 12.5 Å². The first kappa shape index (κ1) is 32.5. The van der Waals surface area contributed by atoms with Crippen LogP contribution in [0.1, 0.15) is 161 Å². The standard InChI is InChI=1S/C32H63NO2/c1-5-6-7-13-20-25-31(33(2)3)26-21-16-11-9-8-10-14-18-23-29-28-30(29)24-19-15-12-17-22-27-32(34)35-4/h29-31H,5-28H2,1-4H3. The van der Waals surface area contributed by atoms with Crippen molar-refractivity contribution in [2.45, 2.75) is 167 Å². The van der Waals surface area contributed by atoms with E-state index in [0.717, 1.165) is 24.3 Å². The van der Waals surface area contributed by atoms with Gasteiger partial charge in [-0.05, 0) is 51.6 Å². The lowest BCUT2D eigenvalue weighted by Gasteiger charge is -2.24. The van der Waals surface area contributed by atoms with Gasteiger partial charge < -0.3 is 9.64 Å². The van der Waals surface area contributed by atoms with Crippen LogP contribution in [0, 0.1) is 11.8 Å². The van der Waals surface area contributed by atoms with Crippen molar-refractivity contribution in [2.24, 2.45) is 11.8 Å². The van der Waals surface area contributed by atoms with Crippen molar-refractivity contribution in [1.82, 2.24) is 4.90 Å². The van der Waals surface area contributed by atoms with Crippen LogP contribution in [0.5, 0.6) is 0 Å². The molecule has 3 nitrogen and oxygen atoms in total. The average molecular weight is 494 g/mol. The van der Waals surface area contributed by atoms with Gasteiger partial charge in [0.1, 0.15) is 0 Å². The Morgan fingerprint density at radius 3 is 1.57 bits per heavy atom. The van der Waals surface area contributed by atoms with E-state index >= 15 is 0 Å². The molecule has 1 saturated carbocycles. The van der Waals surface area contributed by atoms with Crippen LogP contribution in [0.4, 0.5) is 0 Å². The molecule has 0 aliphatic heterocycles. The number of ether oxygens (including phenoxy) is 1. The largest absolute Gasteiger partial charge is 0.469 e. The molecule has 0 aromatic carbocycles. The molecule has 0 amide bonds. The first-order valence-corrected chi connectivity index (χ1v) is 15.8. The normalized spacial score (nSPS) is 18.2. The number of methoxy groups -OCH3 is 1. The van der Waals surface area contributed by atoms with Gasteiger partial charge in [-0.2, -0.15) is 0 Å². The van der Waals surface area contributed by atoms with Crippen molar-refractivity contribution in [3.63, 3.8) is 0 Å². The third kappa shape index (κ3) is 19.2. The van der Waals surface area contributed by atoms with Gasteiger partial charge >= 0.3 is 5.97 Å². The molecule has 0 spiro atoms. The van der Waals surface area contributed by atoms with Crippen molar-refractivity contribution in [1.29, 1.82) is 0 Å². The lowest BCUT2D eigenvalue weighted by Crippen LogP contribution is -2.27.